The molecule has 2 aromatic rings. The number of aromatic nitrogens is 2. The molecule has 0 bridgehead atoms. The Labute approximate surface area is 102 Å². The van der Waals surface area contributed by atoms with E-state index >= 15 is 0 Å². The zero-order valence-electron chi connectivity index (χ0n) is 9.71. The number of rotatable bonds is 4. The van der Waals surface area contributed by atoms with Gasteiger partial charge in [0.1, 0.15) is 11.5 Å². The second kappa shape index (κ2) is 4.74. The van der Waals surface area contributed by atoms with E-state index in [1.54, 1.807) is 18.2 Å². The molecule has 1 N–H and O–H groups in total. The van der Waals surface area contributed by atoms with Crippen molar-refractivity contribution < 1.29 is 23.9 Å². The lowest BCUT2D eigenvalue weighted by molar-refractivity contribution is 0.0643. The SMILES string of the molecule is COc1ccc(OC)c(-c2noc(C(=O)O)n2)c1. The molecule has 0 saturated carbocycles. The summed E-state index contributed by atoms with van der Waals surface area (Å²) in [6.45, 7) is 0. The third-order valence-electron chi connectivity index (χ3n) is 2.26. The highest BCUT2D eigenvalue weighted by Gasteiger charge is 2.17. The number of benzene rings is 1. The van der Waals surface area contributed by atoms with Crippen molar-refractivity contribution in [3.8, 4) is 22.9 Å². The van der Waals surface area contributed by atoms with Crippen LogP contribution in [-0.4, -0.2) is 35.4 Å². The molecule has 2 rings (SSSR count). The summed E-state index contributed by atoms with van der Waals surface area (Å²) in [6, 6.07) is 5.01. The van der Waals surface area contributed by atoms with Crippen molar-refractivity contribution in [3.05, 3.63) is 24.1 Å². The van der Waals surface area contributed by atoms with E-state index in [0.29, 0.717) is 17.1 Å². The Hall–Kier alpha value is -2.57. The van der Waals surface area contributed by atoms with Gasteiger partial charge >= 0.3 is 11.9 Å². The summed E-state index contributed by atoms with van der Waals surface area (Å²) in [4.78, 5) is 14.4. The van der Waals surface area contributed by atoms with Gasteiger partial charge in [-0.1, -0.05) is 5.16 Å². The zero-order chi connectivity index (χ0) is 13.1. The Balaban J connectivity index is 2.50. The summed E-state index contributed by atoms with van der Waals surface area (Å²) in [5.74, 6) is -0.561. The Bertz CT molecular complexity index is 579. The minimum atomic E-state index is -1.28. The molecule has 1 aromatic heterocycles. The van der Waals surface area contributed by atoms with Gasteiger partial charge in [-0.2, -0.15) is 4.98 Å². The number of methoxy groups -OCH3 is 2. The smallest absolute Gasteiger partial charge is 0.394 e. The van der Waals surface area contributed by atoms with Gasteiger partial charge in [0.15, 0.2) is 0 Å². The quantitative estimate of drug-likeness (QED) is 0.877. The lowest BCUT2D eigenvalue weighted by Gasteiger charge is -2.06. The van der Waals surface area contributed by atoms with Crippen LogP contribution in [0.15, 0.2) is 22.7 Å². The van der Waals surface area contributed by atoms with Gasteiger partial charge in [0.2, 0.25) is 5.82 Å². The Morgan fingerprint density at radius 2 is 2.11 bits per heavy atom. The maximum Gasteiger partial charge on any atom is 0.394 e. The van der Waals surface area contributed by atoms with Crippen LogP contribution in [0.3, 0.4) is 0 Å². The minimum Gasteiger partial charge on any atom is -0.497 e. The highest BCUT2D eigenvalue weighted by molar-refractivity contribution is 5.82. The summed E-state index contributed by atoms with van der Waals surface area (Å²) < 4.78 is 14.8. The number of carboxylic acid groups (broad SMARTS) is 1. The first-order valence-electron chi connectivity index (χ1n) is 4.95. The molecule has 0 fully saturated rings. The van der Waals surface area contributed by atoms with Crippen LogP contribution in [0.1, 0.15) is 10.7 Å². The number of carbonyl (C=O) groups is 1. The van der Waals surface area contributed by atoms with E-state index in [1.807, 2.05) is 0 Å². The largest absolute Gasteiger partial charge is 0.497 e. The van der Waals surface area contributed by atoms with Gasteiger partial charge < -0.3 is 19.1 Å². The molecular weight excluding hydrogens is 240 g/mol. The molecule has 0 atom stereocenters. The molecule has 0 amide bonds. The van der Waals surface area contributed by atoms with Gasteiger partial charge in [-0.05, 0) is 18.2 Å². The zero-order valence-corrected chi connectivity index (χ0v) is 9.71. The van der Waals surface area contributed by atoms with E-state index in [0.717, 1.165) is 0 Å². The van der Waals surface area contributed by atoms with E-state index in [2.05, 4.69) is 14.7 Å². The van der Waals surface area contributed by atoms with Crippen molar-refractivity contribution in [3.63, 3.8) is 0 Å². The summed E-state index contributed by atoms with van der Waals surface area (Å²) in [5.41, 5.74) is 0.494. The fourth-order valence-electron chi connectivity index (χ4n) is 1.41. The van der Waals surface area contributed by atoms with E-state index in [4.69, 9.17) is 14.6 Å². The van der Waals surface area contributed by atoms with Gasteiger partial charge in [0.05, 0.1) is 19.8 Å². The predicted octanol–water partition coefficient (Wildman–Crippen LogP) is 1.45. The average Bonchev–Trinajstić information content (AvgIpc) is 2.87. The van der Waals surface area contributed by atoms with E-state index in [-0.39, 0.29) is 5.82 Å². The van der Waals surface area contributed by atoms with Crippen molar-refractivity contribution in [2.24, 2.45) is 0 Å². The highest BCUT2D eigenvalue weighted by atomic mass is 16.5. The normalized spacial score (nSPS) is 10.1. The number of hydrogen-bond donors (Lipinski definition) is 1. The van der Waals surface area contributed by atoms with E-state index in [9.17, 15) is 4.79 Å². The lowest BCUT2D eigenvalue weighted by Crippen LogP contribution is -1.96. The van der Waals surface area contributed by atoms with Crippen molar-refractivity contribution in [2.45, 2.75) is 0 Å². The molecule has 18 heavy (non-hydrogen) atoms. The molecule has 7 heteroatoms. The lowest BCUT2D eigenvalue weighted by atomic mass is 10.2. The molecule has 94 valence electrons. The van der Waals surface area contributed by atoms with Crippen LogP contribution in [0, 0.1) is 0 Å². The maximum absolute atomic E-state index is 10.7. The second-order valence-electron chi connectivity index (χ2n) is 3.29. The third kappa shape index (κ3) is 2.10. The number of hydrogen-bond acceptors (Lipinski definition) is 6. The Kier molecular flexibility index (Phi) is 3.13. The molecule has 1 heterocycles. The first-order chi connectivity index (χ1) is 8.65. The van der Waals surface area contributed by atoms with Crippen LogP contribution in [-0.2, 0) is 0 Å². The number of aromatic carboxylic acids is 1. The standard InChI is InChI=1S/C11H10N2O5/c1-16-6-3-4-8(17-2)7(5-6)9-12-10(11(14)15)18-13-9/h3-5H,1-2H3,(H,14,15). The van der Waals surface area contributed by atoms with Gasteiger partial charge in [-0.3, -0.25) is 0 Å². The number of nitrogens with zero attached hydrogens (tertiary/aromatic N) is 2. The topological polar surface area (TPSA) is 94.7 Å². The first-order valence-corrected chi connectivity index (χ1v) is 4.95. The van der Waals surface area contributed by atoms with Gasteiger partial charge in [0.25, 0.3) is 0 Å². The number of ether oxygens (including phenoxy) is 2. The van der Waals surface area contributed by atoms with E-state index in [1.165, 1.54) is 14.2 Å². The minimum absolute atomic E-state index is 0.128. The van der Waals surface area contributed by atoms with Crippen molar-refractivity contribution in [1.29, 1.82) is 0 Å². The monoisotopic (exact) mass is 250 g/mol. The number of carboxylic acids is 1. The summed E-state index contributed by atoms with van der Waals surface area (Å²) in [5, 5.41) is 12.3. The van der Waals surface area contributed by atoms with Gasteiger partial charge in [0, 0.05) is 0 Å². The van der Waals surface area contributed by atoms with Crippen molar-refractivity contribution >= 4 is 5.97 Å². The molecular formula is C11H10N2O5. The van der Waals surface area contributed by atoms with Crippen LogP contribution in [0.2, 0.25) is 0 Å². The third-order valence-corrected chi connectivity index (χ3v) is 2.26. The molecule has 0 aliphatic rings. The van der Waals surface area contributed by atoms with Crippen LogP contribution in [0.5, 0.6) is 11.5 Å². The maximum atomic E-state index is 10.7. The molecule has 0 saturated heterocycles. The van der Waals surface area contributed by atoms with Crippen LogP contribution in [0.25, 0.3) is 11.4 Å². The van der Waals surface area contributed by atoms with Gasteiger partial charge in [-0.25, -0.2) is 4.79 Å². The van der Waals surface area contributed by atoms with Crippen LogP contribution >= 0.6 is 0 Å². The van der Waals surface area contributed by atoms with E-state index < -0.39 is 11.9 Å². The Morgan fingerprint density at radius 1 is 1.33 bits per heavy atom. The average molecular weight is 250 g/mol. The molecule has 0 radical (unpaired) electrons. The molecule has 7 nitrogen and oxygen atoms in total. The summed E-state index contributed by atoms with van der Waals surface area (Å²) in [6.07, 6.45) is 0. The van der Waals surface area contributed by atoms with Crippen LogP contribution < -0.4 is 9.47 Å². The fourth-order valence-corrected chi connectivity index (χ4v) is 1.41. The molecule has 0 aliphatic heterocycles. The van der Waals surface area contributed by atoms with Crippen molar-refractivity contribution in [2.75, 3.05) is 14.2 Å². The first kappa shape index (κ1) is 11.9. The molecule has 0 unspecified atom stereocenters. The van der Waals surface area contributed by atoms with Gasteiger partial charge in [-0.15, -0.1) is 0 Å². The Morgan fingerprint density at radius 3 is 2.67 bits per heavy atom. The predicted molar refractivity (Wildman–Crippen MR) is 59.8 cm³/mol. The second-order valence-corrected chi connectivity index (χ2v) is 3.29. The molecule has 0 aliphatic carbocycles. The van der Waals surface area contributed by atoms with Crippen LogP contribution in [0.4, 0.5) is 0 Å². The molecule has 1 aromatic carbocycles. The summed E-state index contributed by atoms with van der Waals surface area (Å²) >= 11 is 0. The molecule has 0 spiro atoms. The summed E-state index contributed by atoms with van der Waals surface area (Å²) in [7, 11) is 3.01. The van der Waals surface area contributed by atoms with Crippen molar-refractivity contribution in [1.82, 2.24) is 10.1 Å². The fraction of sp³-hybridized carbons (Fsp3) is 0.182. The highest BCUT2D eigenvalue weighted by Crippen LogP contribution is 2.31.